The lowest BCUT2D eigenvalue weighted by Crippen LogP contribution is -2.34. The average Bonchev–Trinajstić information content (AvgIpc) is 2.39. The summed E-state index contributed by atoms with van der Waals surface area (Å²) in [5.74, 6) is -0.811. The second-order valence-electron chi connectivity index (χ2n) is 4.86. The smallest absolute Gasteiger partial charge is 0.240 e. The number of carbonyl (C=O) groups is 1. The number of hydrogen-bond acceptors (Lipinski definition) is 3. The van der Waals surface area contributed by atoms with Crippen LogP contribution < -0.4 is 0 Å². The first-order valence-corrected chi connectivity index (χ1v) is 6.13. The van der Waals surface area contributed by atoms with E-state index < -0.39 is 5.92 Å². The minimum Gasteiger partial charge on any atom is -0.340 e. The average molecular weight is 255 g/mol. The first-order chi connectivity index (χ1) is 8.99. The van der Waals surface area contributed by atoms with E-state index in [2.05, 4.69) is 6.07 Å². The van der Waals surface area contributed by atoms with Gasteiger partial charge in [-0.1, -0.05) is 26.0 Å². The largest absolute Gasteiger partial charge is 0.340 e. The Bertz CT molecular complexity index is 537. The molecule has 19 heavy (non-hydrogen) atoms. The maximum atomic E-state index is 12.1. The van der Waals surface area contributed by atoms with Gasteiger partial charge in [0.05, 0.1) is 17.7 Å². The van der Waals surface area contributed by atoms with Crippen molar-refractivity contribution < 1.29 is 4.79 Å². The van der Waals surface area contributed by atoms with Crippen LogP contribution in [0, 0.1) is 34.5 Å². The van der Waals surface area contributed by atoms with Gasteiger partial charge in [-0.2, -0.15) is 10.5 Å². The third-order valence-electron chi connectivity index (χ3n) is 2.92. The van der Waals surface area contributed by atoms with E-state index in [1.807, 2.05) is 26.0 Å². The van der Waals surface area contributed by atoms with Crippen molar-refractivity contribution in [3.8, 4) is 12.1 Å². The van der Waals surface area contributed by atoms with Gasteiger partial charge in [0.25, 0.3) is 0 Å². The fourth-order valence-electron chi connectivity index (χ4n) is 1.82. The van der Waals surface area contributed by atoms with Gasteiger partial charge in [-0.05, 0) is 23.6 Å². The topological polar surface area (TPSA) is 67.9 Å². The van der Waals surface area contributed by atoms with Crippen LogP contribution in [0.15, 0.2) is 24.3 Å². The molecule has 1 rings (SSSR count). The Balaban J connectivity index is 2.79. The van der Waals surface area contributed by atoms with Crippen molar-refractivity contribution >= 4 is 5.91 Å². The van der Waals surface area contributed by atoms with E-state index in [0.29, 0.717) is 12.1 Å². The zero-order valence-electron chi connectivity index (χ0n) is 11.4. The summed E-state index contributed by atoms with van der Waals surface area (Å²) in [6, 6.07) is 11.2. The normalized spacial score (nSPS) is 11.5. The highest BCUT2D eigenvalue weighted by Gasteiger charge is 2.24. The van der Waals surface area contributed by atoms with Crippen LogP contribution in [0.1, 0.15) is 25.0 Å². The molecule has 4 nitrogen and oxygen atoms in total. The van der Waals surface area contributed by atoms with Gasteiger partial charge in [-0.15, -0.1) is 0 Å². The lowest BCUT2D eigenvalue weighted by molar-refractivity contribution is -0.134. The summed E-state index contributed by atoms with van der Waals surface area (Å²) in [5.41, 5.74) is 1.45. The van der Waals surface area contributed by atoms with E-state index in [0.717, 1.165) is 5.56 Å². The van der Waals surface area contributed by atoms with Crippen LogP contribution in [0.2, 0.25) is 0 Å². The molecule has 0 N–H and O–H groups in total. The Labute approximate surface area is 113 Å². The zero-order chi connectivity index (χ0) is 14.4. The molecule has 0 aliphatic rings. The number of nitriles is 2. The highest BCUT2D eigenvalue weighted by Crippen LogP contribution is 2.15. The predicted octanol–water partition coefficient (Wildman–Crippen LogP) is 2.31. The number of nitrogens with zero attached hydrogens (tertiary/aromatic N) is 3. The van der Waals surface area contributed by atoms with Crippen molar-refractivity contribution in [1.82, 2.24) is 4.90 Å². The molecule has 0 aliphatic carbocycles. The van der Waals surface area contributed by atoms with Crippen LogP contribution in [0.25, 0.3) is 0 Å². The van der Waals surface area contributed by atoms with Crippen LogP contribution in [0.3, 0.4) is 0 Å². The quantitative estimate of drug-likeness (QED) is 0.829. The second kappa shape index (κ2) is 6.56. The molecule has 1 aromatic rings. The summed E-state index contributed by atoms with van der Waals surface area (Å²) in [6.45, 7) is 4.12. The van der Waals surface area contributed by atoms with Crippen molar-refractivity contribution in [2.45, 2.75) is 20.4 Å². The fourth-order valence-corrected chi connectivity index (χ4v) is 1.82. The van der Waals surface area contributed by atoms with E-state index in [9.17, 15) is 4.79 Å². The van der Waals surface area contributed by atoms with Crippen molar-refractivity contribution in [3.05, 3.63) is 35.4 Å². The minimum absolute atomic E-state index is 0.00890. The van der Waals surface area contributed by atoms with Crippen molar-refractivity contribution in [2.24, 2.45) is 11.8 Å². The summed E-state index contributed by atoms with van der Waals surface area (Å²) >= 11 is 0. The van der Waals surface area contributed by atoms with Crippen LogP contribution >= 0.6 is 0 Å². The molecule has 98 valence electrons. The molecule has 4 heteroatoms. The highest BCUT2D eigenvalue weighted by molar-refractivity contribution is 5.81. The fraction of sp³-hybridized carbons (Fsp3) is 0.400. The Morgan fingerprint density at radius 3 is 2.58 bits per heavy atom. The van der Waals surface area contributed by atoms with Gasteiger partial charge in [-0.25, -0.2) is 0 Å². The monoisotopic (exact) mass is 255 g/mol. The zero-order valence-corrected chi connectivity index (χ0v) is 11.4. The second-order valence-corrected chi connectivity index (χ2v) is 4.86. The molecule has 1 amide bonds. The van der Waals surface area contributed by atoms with Gasteiger partial charge in [0, 0.05) is 13.6 Å². The maximum Gasteiger partial charge on any atom is 0.240 e. The summed E-state index contributed by atoms with van der Waals surface area (Å²) in [7, 11) is 1.67. The molecule has 0 spiro atoms. The van der Waals surface area contributed by atoms with Crippen molar-refractivity contribution in [2.75, 3.05) is 7.05 Å². The van der Waals surface area contributed by atoms with Crippen molar-refractivity contribution in [3.63, 3.8) is 0 Å². The van der Waals surface area contributed by atoms with E-state index in [4.69, 9.17) is 10.5 Å². The SMILES string of the molecule is CC(C)C(C#N)C(=O)N(C)Cc1cccc(C#N)c1. The van der Waals surface area contributed by atoms with Crippen molar-refractivity contribution in [1.29, 1.82) is 10.5 Å². The standard InChI is InChI=1S/C15H17N3O/c1-11(2)14(9-17)15(19)18(3)10-13-6-4-5-12(7-13)8-16/h4-7,11,14H,10H2,1-3H3. The molecule has 0 fully saturated rings. The molecule has 1 atom stereocenters. The highest BCUT2D eigenvalue weighted by atomic mass is 16.2. The van der Waals surface area contributed by atoms with E-state index in [1.165, 1.54) is 4.90 Å². The first kappa shape index (κ1) is 14.7. The molecule has 0 radical (unpaired) electrons. The molecular formula is C15H17N3O. The maximum absolute atomic E-state index is 12.1. The number of rotatable bonds is 4. The molecule has 0 saturated heterocycles. The third-order valence-corrected chi connectivity index (χ3v) is 2.92. The van der Waals surface area contributed by atoms with Crippen LogP contribution in [-0.4, -0.2) is 17.9 Å². The van der Waals surface area contributed by atoms with Crippen LogP contribution in [0.5, 0.6) is 0 Å². The number of carbonyl (C=O) groups excluding carboxylic acids is 1. The van der Waals surface area contributed by atoms with E-state index in [1.54, 1.807) is 25.2 Å². The lowest BCUT2D eigenvalue weighted by Gasteiger charge is -2.22. The third kappa shape index (κ3) is 3.82. The Kier molecular flexibility index (Phi) is 5.09. The number of amides is 1. The van der Waals surface area contributed by atoms with Gasteiger partial charge >= 0.3 is 0 Å². The van der Waals surface area contributed by atoms with E-state index >= 15 is 0 Å². The van der Waals surface area contributed by atoms with Crippen LogP contribution in [-0.2, 0) is 11.3 Å². The summed E-state index contributed by atoms with van der Waals surface area (Å²) in [6.07, 6.45) is 0. The number of hydrogen-bond donors (Lipinski definition) is 0. The van der Waals surface area contributed by atoms with Gasteiger partial charge in [0.15, 0.2) is 0 Å². The summed E-state index contributed by atoms with van der Waals surface area (Å²) in [5, 5.41) is 17.9. The Morgan fingerprint density at radius 1 is 1.37 bits per heavy atom. The summed E-state index contributed by atoms with van der Waals surface area (Å²) < 4.78 is 0. The Morgan fingerprint density at radius 2 is 2.05 bits per heavy atom. The molecule has 1 unspecified atom stereocenters. The Hall–Kier alpha value is -2.33. The molecule has 0 aliphatic heterocycles. The minimum atomic E-state index is -0.621. The van der Waals surface area contributed by atoms with Crippen LogP contribution in [0.4, 0.5) is 0 Å². The van der Waals surface area contributed by atoms with Gasteiger partial charge < -0.3 is 4.90 Å². The van der Waals surface area contributed by atoms with Gasteiger partial charge in [-0.3, -0.25) is 4.79 Å². The molecule has 0 heterocycles. The predicted molar refractivity (Wildman–Crippen MR) is 71.6 cm³/mol. The van der Waals surface area contributed by atoms with Gasteiger partial charge in [0.1, 0.15) is 5.92 Å². The molecule has 0 bridgehead atoms. The summed E-state index contributed by atoms with van der Waals surface area (Å²) in [4.78, 5) is 13.6. The lowest BCUT2D eigenvalue weighted by atomic mass is 9.96. The van der Waals surface area contributed by atoms with E-state index in [-0.39, 0.29) is 11.8 Å². The molecular weight excluding hydrogens is 238 g/mol. The number of benzene rings is 1. The molecule has 1 aromatic carbocycles. The molecule has 0 saturated carbocycles. The molecule has 0 aromatic heterocycles. The van der Waals surface area contributed by atoms with Gasteiger partial charge in [0.2, 0.25) is 5.91 Å². The first-order valence-electron chi connectivity index (χ1n) is 6.13.